The fraction of sp³-hybridized carbons (Fsp3) is 0.200. The van der Waals surface area contributed by atoms with Gasteiger partial charge in [0.05, 0.1) is 11.4 Å². The van der Waals surface area contributed by atoms with Crippen molar-refractivity contribution in [1.82, 2.24) is 4.31 Å². The molecular weight excluding hydrogens is 371 g/mol. The third-order valence-electron chi connectivity index (χ3n) is 3.48. The Morgan fingerprint density at radius 2 is 2.05 bits per heavy atom. The van der Waals surface area contributed by atoms with E-state index in [-0.39, 0.29) is 12.2 Å². The van der Waals surface area contributed by atoms with Crippen LogP contribution < -0.4 is 4.31 Å². The average molecular weight is 385 g/mol. The van der Waals surface area contributed by atoms with Gasteiger partial charge in [0.2, 0.25) is 0 Å². The van der Waals surface area contributed by atoms with Crippen LogP contribution in [0.3, 0.4) is 0 Å². The van der Waals surface area contributed by atoms with Crippen molar-refractivity contribution < 1.29 is 12.8 Å². The Balaban J connectivity index is 2.21. The molecule has 0 unspecified atom stereocenters. The molecule has 1 aromatic rings. The first-order chi connectivity index (χ1) is 10.6. The molecule has 0 N–H and O–H groups in total. The molecule has 1 aliphatic heterocycles. The number of halogens is 2. The van der Waals surface area contributed by atoms with Crippen LogP contribution in [-0.4, -0.2) is 24.6 Å². The van der Waals surface area contributed by atoms with Crippen LogP contribution in [0.25, 0.3) is 0 Å². The van der Waals surface area contributed by atoms with Crippen LogP contribution in [0, 0.1) is 5.82 Å². The van der Waals surface area contributed by atoms with Crippen molar-refractivity contribution in [2.75, 3.05) is 16.2 Å². The predicted octanol–water partition coefficient (Wildman–Crippen LogP) is 3.32. The van der Waals surface area contributed by atoms with Gasteiger partial charge in [0.25, 0.3) is 0 Å². The van der Waals surface area contributed by atoms with Gasteiger partial charge >= 0.3 is 10.2 Å². The van der Waals surface area contributed by atoms with Gasteiger partial charge in [-0.3, -0.25) is 4.31 Å². The molecule has 22 heavy (non-hydrogen) atoms. The smallest absolute Gasteiger partial charge is 0.259 e. The number of nitrogens with zero attached hydrogens (tertiary/aromatic N) is 2. The van der Waals surface area contributed by atoms with Gasteiger partial charge in [-0.05, 0) is 30.2 Å². The van der Waals surface area contributed by atoms with Crippen molar-refractivity contribution in [3.8, 4) is 0 Å². The lowest BCUT2D eigenvalue weighted by Gasteiger charge is -2.38. The van der Waals surface area contributed by atoms with Crippen molar-refractivity contribution >= 4 is 31.8 Å². The van der Waals surface area contributed by atoms with E-state index in [1.165, 1.54) is 22.5 Å². The maximum absolute atomic E-state index is 14.2. The molecule has 1 heterocycles. The zero-order valence-electron chi connectivity index (χ0n) is 11.6. The lowest BCUT2D eigenvalue weighted by molar-refractivity contribution is 0.503. The molecule has 1 aliphatic carbocycles. The molecule has 0 aromatic heterocycles. The van der Waals surface area contributed by atoms with Crippen LogP contribution in [0.5, 0.6) is 0 Å². The van der Waals surface area contributed by atoms with Crippen molar-refractivity contribution in [2.45, 2.75) is 6.42 Å². The molecule has 0 radical (unpaired) electrons. The molecule has 7 heteroatoms. The molecule has 0 saturated carbocycles. The Morgan fingerprint density at radius 3 is 2.77 bits per heavy atom. The van der Waals surface area contributed by atoms with Crippen LogP contribution in [0.2, 0.25) is 0 Å². The second kappa shape index (κ2) is 5.89. The number of hydrogen-bond acceptors (Lipinski definition) is 2. The Bertz CT molecular complexity index is 786. The van der Waals surface area contributed by atoms with E-state index in [2.05, 4.69) is 15.9 Å². The molecule has 0 amide bonds. The van der Waals surface area contributed by atoms with Gasteiger partial charge < -0.3 is 0 Å². The third-order valence-corrected chi connectivity index (χ3v) is 5.57. The van der Waals surface area contributed by atoms with E-state index < -0.39 is 16.0 Å². The van der Waals surface area contributed by atoms with Gasteiger partial charge in [0, 0.05) is 18.1 Å². The Hall–Kier alpha value is -1.60. The van der Waals surface area contributed by atoms with Crippen LogP contribution in [0.15, 0.2) is 60.0 Å². The van der Waals surface area contributed by atoms with Crippen LogP contribution in [0.1, 0.15) is 6.42 Å². The fourth-order valence-corrected chi connectivity index (χ4v) is 4.72. The molecule has 0 fully saturated rings. The topological polar surface area (TPSA) is 40.6 Å². The Kier molecular flexibility index (Phi) is 4.10. The number of alkyl halides is 1. The van der Waals surface area contributed by atoms with Gasteiger partial charge in [-0.2, -0.15) is 8.42 Å². The summed E-state index contributed by atoms with van der Waals surface area (Å²) >= 11 is 3.26. The summed E-state index contributed by atoms with van der Waals surface area (Å²) < 4.78 is 42.3. The van der Waals surface area contributed by atoms with Gasteiger partial charge in [0.1, 0.15) is 5.82 Å². The van der Waals surface area contributed by atoms with Crippen molar-refractivity contribution in [3.05, 3.63) is 65.8 Å². The predicted molar refractivity (Wildman–Crippen MR) is 88.2 cm³/mol. The van der Waals surface area contributed by atoms with E-state index in [0.717, 1.165) is 9.88 Å². The number of rotatable bonds is 3. The summed E-state index contributed by atoms with van der Waals surface area (Å²) in [7, 11) is -3.85. The van der Waals surface area contributed by atoms with Crippen LogP contribution in [0.4, 0.5) is 10.1 Å². The summed E-state index contributed by atoms with van der Waals surface area (Å²) in [5, 5.41) is 0.496. The first kappa shape index (κ1) is 15.3. The van der Waals surface area contributed by atoms with Crippen molar-refractivity contribution in [2.24, 2.45) is 0 Å². The molecule has 4 nitrogen and oxygen atoms in total. The lowest BCUT2D eigenvalue weighted by Crippen LogP contribution is -2.46. The highest BCUT2D eigenvalue weighted by Gasteiger charge is 2.38. The van der Waals surface area contributed by atoms with E-state index in [1.54, 1.807) is 24.4 Å². The summed E-state index contributed by atoms with van der Waals surface area (Å²) in [5.41, 5.74) is 1.38. The zero-order valence-corrected chi connectivity index (χ0v) is 14.0. The van der Waals surface area contributed by atoms with Crippen molar-refractivity contribution in [1.29, 1.82) is 0 Å². The maximum Gasteiger partial charge on any atom is 0.330 e. The molecule has 116 valence electrons. The van der Waals surface area contributed by atoms with Gasteiger partial charge in [-0.15, -0.1) is 0 Å². The minimum absolute atomic E-state index is 0.0363. The van der Waals surface area contributed by atoms with Gasteiger partial charge in [-0.25, -0.2) is 8.70 Å². The minimum Gasteiger partial charge on any atom is -0.259 e. The largest absolute Gasteiger partial charge is 0.330 e. The number of fused-ring (bicyclic) bond motifs is 1. The number of anilines is 1. The highest BCUT2D eigenvalue weighted by Crippen LogP contribution is 2.37. The van der Waals surface area contributed by atoms with Gasteiger partial charge in [-0.1, -0.05) is 40.2 Å². The molecule has 2 aliphatic rings. The first-order valence-corrected chi connectivity index (χ1v) is 9.28. The summed E-state index contributed by atoms with van der Waals surface area (Å²) in [6.07, 6.45) is 7.68. The monoisotopic (exact) mass is 384 g/mol. The number of allylic oxidation sites excluding steroid dienone is 4. The quantitative estimate of drug-likeness (QED) is 0.750. The fourth-order valence-electron chi connectivity index (χ4n) is 2.49. The zero-order chi connectivity index (χ0) is 15.7. The van der Waals surface area contributed by atoms with E-state index in [1.807, 2.05) is 6.08 Å². The lowest BCUT2D eigenvalue weighted by atomic mass is 10.0. The molecule has 0 spiro atoms. The Labute approximate surface area is 137 Å². The summed E-state index contributed by atoms with van der Waals surface area (Å²) in [4.78, 5) is 0. The second-order valence-electron chi connectivity index (χ2n) is 4.86. The van der Waals surface area contributed by atoms with E-state index in [0.29, 0.717) is 17.4 Å². The van der Waals surface area contributed by atoms with Crippen LogP contribution >= 0.6 is 15.9 Å². The highest BCUT2D eigenvalue weighted by molar-refractivity contribution is 9.09. The molecule has 0 atom stereocenters. The van der Waals surface area contributed by atoms with E-state index >= 15 is 0 Å². The van der Waals surface area contributed by atoms with Gasteiger partial charge in [0.15, 0.2) is 0 Å². The third kappa shape index (κ3) is 2.48. The number of hydrogen-bond donors (Lipinski definition) is 0. The number of benzene rings is 1. The average Bonchev–Trinajstić information content (AvgIpc) is 2.49. The second-order valence-corrected chi connectivity index (χ2v) is 7.38. The summed E-state index contributed by atoms with van der Waals surface area (Å²) in [6, 6.07) is 5.90. The summed E-state index contributed by atoms with van der Waals surface area (Å²) in [6.45, 7) is 0.285. The highest BCUT2D eigenvalue weighted by atomic mass is 79.9. The molecule has 0 bridgehead atoms. The van der Waals surface area contributed by atoms with Crippen molar-refractivity contribution in [3.63, 3.8) is 0 Å². The maximum atomic E-state index is 14.2. The molecular formula is C15H14BrFN2O2S. The van der Waals surface area contributed by atoms with Crippen LogP contribution in [-0.2, 0) is 10.2 Å². The molecule has 3 rings (SSSR count). The molecule has 1 aromatic carbocycles. The standard InChI is InChI=1S/C15H14BrFN2O2S/c16-9-10-18-11-12-5-1-3-7-14(12)19(22(18,20)21)15-8-4-2-6-13(15)17/h1-4,6-8,11H,5,9-10H2. The molecule has 0 saturated heterocycles. The SMILES string of the molecule is O=S1(=O)N(CCBr)C=C2CC=CC=C2N1c1ccccc1F. The van der Waals surface area contributed by atoms with E-state index in [4.69, 9.17) is 0 Å². The minimum atomic E-state index is -3.85. The summed E-state index contributed by atoms with van der Waals surface area (Å²) in [5.74, 6) is -0.568. The number of para-hydroxylation sites is 1. The normalized spacial score (nSPS) is 19.5. The Morgan fingerprint density at radius 1 is 1.27 bits per heavy atom. The van der Waals surface area contributed by atoms with E-state index in [9.17, 15) is 12.8 Å². The first-order valence-electron chi connectivity index (χ1n) is 6.76.